The maximum Gasteiger partial charge on any atom is 0.160 e. The third kappa shape index (κ3) is 1.65. The number of hydrogen-bond acceptors (Lipinski definition) is 2. The molecule has 1 aromatic rings. The molecule has 2 rings (SSSR count). The Morgan fingerprint density at radius 2 is 1.93 bits per heavy atom. The Hall–Kier alpha value is -1.31. The maximum absolute atomic E-state index is 5.38. The third-order valence-corrected chi connectivity index (χ3v) is 2.65. The van der Waals surface area contributed by atoms with E-state index in [-0.39, 0.29) is 6.10 Å². The molecule has 0 aliphatic carbocycles. The van der Waals surface area contributed by atoms with E-state index >= 15 is 0 Å². The predicted octanol–water partition coefficient (Wildman–Crippen LogP) is 3.02. The normalized spacial score (nSPS) is 25.4. The molecule has 0 spiro atoms. The van der Waals surface area contributed by atoms with Gasteiger partial charge in [-0.05, 0) is 11.5 Å². The van der Waals surface area contributed by atoms with Gasteiger partial charge in [-0.3, -0.25) is 0 Å². The van der Waals surface area contributed by atoms with E-state index in [2.05, 4.69) is 31.1 Å². The van der Waals surface area contributed by atoms with Gasteiger partial charge >= 0.3 is 0 Å². The van der Waals surface area contributed by atoms with Gasteiger partial charge in [-0.2, -0.15) is 0 Å². The molecule has 1 aliphatic heterocycles. The lowest BCUT2D eigenvalue weighted by Crippen LogP contribution is -2.16. The molecule has 0 fully saturated rings. The smallest absolute Gasteiger partial charge is 0.160 e. The second-order valence-electron chi connectivity index (χ2n) is 4.01. The van der Waals surface area contributed by atoms with Gasteiger partial charge in [0.1, 0.15) is 0 Å². The van der Waals surface area contributed by atoms with Crippen molar-refractivity contribution in [3.8, 4) is 0 Å². The van der Waals surface area contributed by atoms with E-state index in [0.29, 0.717) is 11.8 Å². The van der Waals surface area contributed by atoms with E-state index in [9.17, 15) is 0 Å². The van der Waals surface area contributed by atoms with Crippen molar-refractivity contribution < 1.29 is 4.84 Å². The molecule has 0 N–H and O–H groups in total. The fourth-order valence-corrected chi connectivity index (χ4v) is 1.77. The molecule has 0 amide bonds. The Bertz CT molecular complexity index is 318. The summed E-state index contributed by atoms with van der Waals surface area (Å²) in [5.74, 6) is 0.962. The molecule has 0 radical (unpaired) electrons. The summed E-state index contributed by atoms with van der Waals surface area (Å²) in [7, 11) is 0. The molecule has 1 aliphatic rings. The molecule has 74 valence electrons. The highest BCUT2D eigenvalue weighted by Gasteiger charge is 2.30. The zero-order valence-electron chi connectivity index (χ0n) is 8.55. The molecule has 0 aromatic heterocycles. The molecule has 2 atom stereocenters. The fraction of sp³-hybridized carbons (Fsp3) is 0.417. The van der Waals surface area contributed by atoms with E-state index in [4.69, 9.17) is 4.84 Å². The molecular weight excluding hydrogens is 174 g/mol. The summed E-state index contributed by atoms with van der Waals surface area (Å²) < 4.78 is 0. The van der Waals surface area contributed by atoms with Gasteiger partial charge in [0, 0.05) is 5.92 Å². The van der Waals surface area contributed by atoms with E-state index in [1.54, 1.807) is 0 Å². The molecule has 2 unspecified atom stereocenters. The Morgan fingerprint density at radius 1 is 1.21 bits per heavy atom. The predicted molar refractivity (Wildman–Crippen MR) is 57.1 cm³/mol. The van der Waals surface area contributed by atoms with Crippen molar-refractivity contribution in [3.05, 3.63) is 35.9 Å². The quantitative estimate of drug-likeness (QED) is 0.700. The maximum atomic E-state index is 5.38. The van der Waals surface area contributed by atoms with Crippen molar-refractivity contribution in [2.24, 2.45) is 17.0 Å². The van der Waals surface area contributed by atoms with E-state index in [1.165, 1.54) is 5.56 Å². The Balaban J connectivity index is 2.20. The van der Waals surface area contributed by atoms with Crippen LogP contribution in [0.4, 0.5) is 0 Å². The largest absolute Gasteiger partial charge is 0.387 e. The van der Waals surface area contributed by atoms with Crippen molar-refractivity contribution in [3.63, 3.8) is 0 Å². The van der Waals surface area contributed by atoms with Gasteiger partial charge in [0.2, 0.25) is 0 Å². The van der Waals surface area contributed by atoms with Crippen LogP contribution in [-0.4, -0.2) is 6.21 Å². The minimum absolute atomic E-state index is 0.108. The Labute approximate surface area is 84.6 Å². The SMILES string of the molecule is CC(C)C1C=NOC1c1ccccc1. The summed E-state index contributed by atoms with van der Waals surface area (Å²) >= 11 is 0. The van der Waals surface area contributed by atoms with Crippen LogP contribution in [0.15, 0.2) is 35.5 Å². The number of benzene rings is 1. The van der Waals surface area contributed by atoms with Crippen LogP contribution in [-0.2, 0) is 4.84 Å². The fourth-order valence-electron chi connectivity index (χ4n) is 1.77. The summed E-state index contributed by atoms with van der Waals surface area (Å²) in [6.45, 7) is 4.39. The van der Waals surface area contributed by atoms with Gasteiger partial charge in [-0.1, -0.05) is 49.3 Å². The topological polar surface area (TPSA) is 21.6 Å². The van der Waals surface area contributed by atoms with E-state index < -0.39 is 0 Å². The minimum Gasteiger partial charge on any atom is -0.387 e. The summed E-state index contributed by atoms with van der Waals surface area (Å²) in [4.78, 5) is 5.38. The summed E-state index contributed by atoms with van der Waals surface area (Å²) in [5, 5.41) is 3.92. The Morgan fingerprint density at radius 3 is 2.57 bits per heavy atom. The monoisotopic (exact) mass is 189 g/mol. The summed E-state index contributed by atoms with van der Waals surface area (Å²) in [6.07, 6.45) is 2.03. The highest BCUT2D eigenvalue weighted by atomic mass is 16.6. The highest BCUT2D eigenvalue weighted by Crippen LogP contribution is 2.33. The van der Waals surface area contributed by atoms with Crippen LogP contribution in [0.2, 0.25) is 0 Å². The average molecular weight is 189 g/mol. The van der Waals surface area contributed by atoms with Crippen LogP contribution in [0.25, 0.3) is 0 Å². The van der Waals surface area contributed by atoms with Crippen molar-refractivity contribution in [1.29, 1.82) is 0 Å². The number of nitrogens with zero attached hydrogens (tertiary/aromatic N) is 1. The van der Waals surface area contributed by atoms with Crippen LogP contribution >= 0.6 is 0 Å². The van der Waals surface area contributed by atoms with Gasteiger partial charge in [0.05, 0.1) is 6.21 Å². The van der Waals surface area contributed by atoms with Gasteiger partial charge in [-0.25, -0.2) is 0 Å². The molecule has 14 heavy (non-hydrogen) atoms. The zero-order valence-corrected chi connectivity index (χ0v) is 8.55. The number of oxime groups is 1. The average Bonchev–Trinajstić information content (AvgIpc) is 2.67. The lowest BCUT2D eigenvalue weighted by atomic mass is 9.88. The van der Waals surface area contributed by atoms with Gasteiger partial charge in [0.15, 0.2) is 6.10 Å². The first kappa shape index (κ1) is 9.25. The lowest BCUT2D eigenvalue weighted by Gasteiger charge is -2.19. The molecule has 1 heterocycles. The third-order valence-electron chi connectivity index (χ3n) is 2.65. The van der Waals surface area contributed by atoms with Gasteiger partial charge in [0.25, 0.3) is 0 Å². The second-order valence-corrected chi connectivity index (χ2v) is 4.01. The van der Waals surface area contributed by atoms with Crippen molar-refractivity contribution in [1.82, 2.24) is 0 Å². The first-order valence-corrected chi connectivity index (χ1v) is 5.03. The zero-order chi connectivity index (χ0) is 9.97. The second kappa shape index (κ2) is 3.82. The molecule has 2 heteroatoms. The first-order chi connectivity index (χ1) is 6.79. The van der Waals surface area contributed by atoms with Crippen LogP contribution in [0.5, 0.6) is 0 Å². The van der Waals surface area contributed by atoms with Crippen LogP contribution in [0, 0.1) is 11.8 Å². The summed E-state index contributed by atoms with van der Waals surface area (Å²) in [5.41, 5.74) is 1.21. The van der Waals surface area contributed by atoms with Crippen LogP contribution in [0.3, 0.4) is 0 Å². The molecular formula is C12H15NO. The van der Waals surface area contributed by atoms with Crippen LogP contribution in [0.1, 0.15) is 25.5 Å². The van der Waals surface area contributed by atoms with E-state index in [1.807, 2.05) is 24.4 Å². The number of rotatable bonds is 2. The van der Waals surface area contributed by atoms with E-state index in [0.717, 1.165) is 0 Å². The molecule has 0 bridgehead atoms. The van der Waals surface area contributed by atoms with Gasteiger partial charge < -0.3 is 4.84 Å². The van der Waals surface area contributed by atoms with Crippen LogP contribution < -0.4 is 0 Å². The minimum atomic E-state index is 0.108. The highest BCUT2D eigenvalue weighted by molar-refractivity contribution is 5.63. The molecule has 0 saturated heterocycles. The lowest BCUT2D eigenvalue weighted by molar-refractivity contribution is 0.0506. The van der Waals surface area contributed by atoms with Crippen molar-refractivity contribution in [2.75, 3.05) is 0 Å². The molecule has 2 nitrogen and oxygen atoms in total. The molecule has 0 saturated carbocycles. The van der Waals surface area contributed by atoms with Crippen molar-refractivity contribution in [2.45, 2.75) is 20.0 Å². The number of hydrogen-bond donors (Lipinski definition) is 0. The molecule has 1 aromatic carbocycles. The van der Waals surface area contributed by atoms with Crippen molar-refractivity contribution >= 4 is 6.21 Å². The Kier molecular flexibility index (Phi) is 2.53. The summed E-state index contributed by atoms with van der Waals surface area (Å²) in [6, 6.07) is 10.3. The van der Waals surface area contributed by atoms with Gasteiger partial charge in [-0.15, -0.1) is 0 Å². The standard InChI is InChI=1S/C12H15NO/c1-9(2)11-8-13-14-12(11)10-6-4-3-5-7-10/h3-9,11-12H,1-2H3. The first-order valence-electron chi connectivity index (χ1n) is 5.03.